The third-order valence-electron chi connectivity index (χ3n) is 3.25. The zero-order valence-corrected chi connectivity index (χ0v) is 10.2. The average Bonchev–Trinajstić information content (AvgIpc) is 2.16. The van der Waals surface area contributed by atoms with E-state index >= 15 is 0 Å². The highest BCUT2D eigenvalue weighted by molar-refractivity contribution is 7.85. The van der Waals surface area contributed by atoms with Crippen LogP contribution in [0.15, 0.2) is 30.3 Å². The van der Waals surface area contributed by atoms with Crippen LogP contribution in [0.2, 0.25) is 0 Å². The van der Waals surface area contributed by atoms with Crippen molar-refractivity contribution in [2.45, 2.75) is 24.7 Å². The first-order valence-electron chi connectivity index (χ1n) is 5.42. The molecule has 1 saturated carbocycles. The van der Waals surface area contributed by atoms with Crippen molar-refractivity contribution >= 4 is 10.1 Å². The van der Waals surface area contributed by atoms with Gasteiger partial charge in [0.1, 0.15) is 0 Å². The highest BCUT2D eigenvalue weighted by atomic mass is 32.2. The van der Waals surface area contributed by atoms with Crippen molar-refractivity contribution in [3.05, 3.63) is 35.9 Å². The fraction of sp³-hybridized carbons (Fsp3) is 0.500. The van der Waals surface area contributed by atoms with Gasteiger partial charge in [-0.2, -0.15) is 8.42 Å². The summed E-state index contributed by atoms with van der Waals surface area (Å²) in [6.07, 6.45) is 4.26. The van der Waals surface area contributed by atoms with Gasteiger partial charge in [-0.05, 0) is 18.4 Å². The Kier molecular flexibility index (Phi) is 3.04. The Labute approximate surface area is 96.6 Å². The third kappa shape index (κ3) is 2.44. The monoisotopic (exact) mass is 240 g/mol. The van der Waals surface area contributed by atoms with Crippen molar-refractivity contribution in [3.63, 3.8) is 0 Å². The molecule has 1 aromatic rings. The topological polar surface area (TPSA) is 43.4 Å². The Balaban J connectivity index is 2.15. The lowest BCUT2D eigenvalue weighted by Gasteiger charge is -2.41. The fourth-order valence-electron chi connectivity index (χ4n) is 2.13. The maximum Gasteiger partial charge on any atom is 0.264 e. The van der Waals surface area contributed by atoms with Gasteiger partial charge in [-0.1, -0.05) is 36.8 Å². The molecule has 0 atom stereocenters. The molecule has 0 radical (unpaired) electrons. The summed E-state index contributed by atoms with van der Waals surface area (Å²) in [5.74, 6) is 0. The minimum absolute atomic E-state index is 0.0790. The van der Waals surface area contributed by atoms with Gasteiger partial charge in [0.2, 0.25) is 0 Å². The van der Waals surface area contributed by atoms with E-state index in [1.54, 1.807) is 0 Å². The van der Waals surface area contributed by atoms with Crippen molar-refractivity contribution < 1.29 is 12.6 Å². The van der Waals surface area contributed by atoms with E-state index in [-0.39, 0.29) is 12.0 Å². The lowest BCUT2D eigenvalue weighted by atomic mass is 9.65. The standard InChI is InChI=1S/C12H16O3S/c1-16(13,14)15-10-12(8-5-9-12)11-6-3-2-4-7-11/h2-4,6-7H,5,8-10H2,1H3. The van der Waals surface area contributed by atoms with Crippen LogP contribution in [0.5, 0.6) is 0 Å². The second-order valence-corrected chi connectivity index (χ2v) is 6.11. The van der Waals surface area contributed by atoms with Crippen molar-refractivity contribution in [2.24, 2.45) is 0 Å². The fourth-order valence-corrected chi connectivity index (χ4v) is 2.57. The summed E-state index contributed by atoms with van der Waals surface area (Å²) in [4.78, 5) is 0. The first kappa shape index (κ1) is 11.6. The minimum Gasteiger partial charge on any atom is -0.269 e. The molecule has 0 spiro atoms. The molecule has 0 N–H and O–H groups in total. The van der Waals surface area contributed by atoms with E-state index in [9.17, 15) is 8.42 Å². The van der Waals surface area contributed by atoms with Gasteiger partial charge in [0.05, 0.1) is 12.9 Å². The summed E-state index contributed by atoms with van der Waals surface area (Å²) < 4.78 is 27.0. The summed E-state index contributed by atoms with van der Waals surface area (Å²) in [5.41, 5.74) is 1.11. The SMILES string of the molecule is CS(=O)(=O)OCC1(c2ccccc2)CCC1. The lowest BCUT2D eigenvalue weighted by Crippen LogP contribution is -2.39. The van der Waals surface area contributed by atoms with Crippen LogP contribution in [0, 0.1) is 0 Å². The maximum atomic E-state index is 11.0. The van der Waals surface area contributed by atoms with Crippen LogP contribution in [-0.4, -0.2) is 21.3 Å². The van der Waals surface area contributed by atoms with Crippen molar-refractivity contribution in [3.8, 4) is 0 Å². The number of rotatable bonds is 4. The molecular weight excluding hydrogens is 224 g/mol. The van der Waals surface area contributed by atoms with Crippen LogP contribution < -0.4 is 0 Å². The average molecular weight is 240 g/mol. The Morgan fingerprint density at radius 2 is 1.88 bits per heavy atom. The molecule has 1 aromatic carbocycles. The predicted molar refractivity (Wildman–Crippen MR) is 62.8 cm³/mol. The Hall–Kier alpha value is -0.870. The molecule has 0 bridgehead atoms. The van der Waals surface area contributed by atoms with Gasteiger partial charge in [-0.3, -0.25) is 4.18 Å². The molecule has 0 heterocycles. The second kappa shape index (κ2) is 4.18. The molecule has 1 aliphatic carbocycles. The van der Waals surface area contributed by atoms with Gasteiger partial charge in [-0.25, -0.2) is 0 Å². The van der Waals surface area contributed by atoms with Gasteiger partial charge < -0.3 is 0 Å². The highest BCUT2D eigenvalue weighted by Gasteiger charge is 2.39. The van der Waals surface area contributed by atoms with Crippen LogP contribution in [0.4, 0.5) is 0 Å². The van der Waals surface area contributed by atoms with Gasteiger partial charge in [0.25, 0.3) is 10.1 Å². The smallest absolute Gasteiger partial charge is 0.264 e. The summed E-state index contributed by atoms with van der Waals surface area (Å²) in [7, 11) is -3.34. The molecule has 88 valence electrons. The van der Waals surface area contributed by atoms with E-state index < -0.39 is 10.1 Å². The van der Waals surface area contributed by atoms with E-state index in [2.05, 4.69) is 0 Å². The molecule has 4 heteroatoms. The molecule has 0 amide bonds. The van der Waals surface area contributed by atoms with Gasteiger partial charge in [0.15, 0.2) is 0 Å². The van der Waals surface area contributed by atoms with E-state index in [1.165, 1.54) is 5.56 Å². The van der Waals surface area contributed by atoms with E-state index in [1.807, 2.05) is 30.3 Å². The van der Waals surface area contributed by atoms with Crippen LogP contribution >= 0.6 is 0 Å². The minimum atomic E-state index is -3.34. The molecule has 0 saturated heterocycles. The molecule has 1 fully saturated rings. The number of hydrogen-bond donors (Lipinski definition) is 0. The Morgan fingerprint density at radius 1 is 1.25 bits per heavy atom. The molecule has 16 heavy (non-hydrogen) atoms. The van der Waals surface area contributed by atoms with E-state index in [0.717, 1.165) is 25.5 Å². The molecule has 2 rings (SSSR count). The third-order valence-corrected chi connectivity index (χ3v) is 3.79. The quantitative estimate of drug-likeness (QED) is 0.757. The van der Waals surface area contributed by atoms with Crippen LogP contribution in [0.3, 0.4) is 0 Å². The summed E-state index contributed by atoms with van der Waals surface area (Å²) in [6.45, 7) is 0.274. The summed E-state index contributed by atoms with van der Waals surface area (Å²) in [6, 6.07) is 10.0. The van der Waals surface area contributed by atoms with Gasteiger partial charge >= 0.3 is 0 Å². The molecule has 3 nitrogen and oxygen atoms in total. The Bertz CT molecular complexity index is 446. The molecule has 1 aliphatic rings. The zero-order valence-electron chi connectivity index (χ0n) is 9.35. The predicted octanol–water partition coefficient (Wildman–Crippen LogP) is 2.08. The Morgan fingerprint density at radius 3 is 2.31 bits per heavy atom. The first-order chi connectivity index (χ1) is 7.52. The molecule has 0 unspecified atom stereocenters. The second-order valence-electron chi connectivity index (χ2n) is 4.47. The van der Waals surface area contributed by atoms with Crippen molar-refractivity contribution in [1.29, 1.82) is 0 Å². The van der Waals surface area contributed by atoms with E-state index in [4.69, 9.17) is 4.18 Å². The van der Waals surface area contributed by atoms with Crippen LogP contribution in [-0.2, 0) is 19.7 Å². The highest BCUT2D eigenvalue weighted by Crippen LogP contribution is 2.44. The zero-order chi connectivity index (χ0) is 11.6. The first-order valence-corrected chi connectivity index (χ1v) is 7.23. The summed E-state index contributed by atoms with van der Waals surface area (Å²) >= 11 is 0. The normalized spacial score (nSPS) is 19.1. The van der Waals surface area contributed by atoms with Gasteiger partial charge in [0, 0.05) is 5.41 Å². The van der Waals surface area contributed by atoms with Crippen LogP contribution in [0.25, 0.3) is 0 Å². The molecular formula is C12H16O3S. The van der Waals surface area contributed by atoms with Gasteiger partial charge in [-0.15, -0.1) is 0 Å². The number of hydrogen-bond acceptors (Lipinski definition) is 3. The van der Waals surface area contributed by atoms with Crippen molar-refractivity contribution in [1.82, 2.24) is 0 Å². The maximum absolute atomic E-state index is 11.0. The lowest BCUT2D eigenvalue weighted by molar-refractivity contribution is 0.141. The summed E-state index contributed by atoms with van der Waals surface area (Å²) in [5, 5.41) is 0. The molecule has 0 aromatic heterocycles. The van der Waals surface area contributed by atoms with Crippen molar-refractivity contribution in [2.75, 3.05) is 12.9 Å². The number of benzene rings is 1. The van der Waals surface area contributed by atoms with E-state index in [0.29, 0.717) is 0 Å². The largest absolute Gasteiger partial charge is 0.269 e. The molecule has 0 aliphatic heterocycles. The van der Waals surface area contributed by atoms with Crippen LogP contribution in [0.1, 0.15) is 24.8 Å².